The predicted molar refractivity (Wildman–Crippen MR) is 146 cm³/mol. The third-order valence-electron chi connectivity index (χ3n) is 6.24. The van der Waals surface area contributed by atoms with Crippen molar-refractivity contribution in [1.82, 2.24) is 19.6 Å². The molecule has 0 unspecified atom stereocenters. The Hall–Kier alpha value is -1.96. The Morgan fingerprint density at radius 3 is 2.34 bits per heavy atom. The van der Waals surface area contributed by atoms with Crippen LogP contribution in [0.5, 0.6) is 0 Å². The minimum absolute atomic E-state index is 0. The van der Waals surface area contributed by atoms with Crippen LogP contribution in [0.2, 0.25) is 5.02 Å². The summed E-state index contributed by atoms with van der Waals surface area (Å²) in [6, 6.07) is 14.6. The maximum Gasteiger partial charge on any atom is 0.271 e. The molecule has 35 heavy (non-hydrogen) atoms. The summed E-state index contributed by atoms with van der Waals surface area (Å²) in [5, 5.41) is 5.37. The van der Waals surface area contributed by atoms with Gasteiger partial charge in [-0.3, -0.25) is 9.69 Å². The van der Waals surface area contributed by atoms with E-state index in [1.807, 2.05) is 30.3 Å². The van der Waals surface area contributed by atoms with Crippen molar-refractivity contribution >= 4 is 36.4 Å². The minimum atomic E-state index is -0.243. The monoisotopic (exact) mass is 540 g/mol. The zero-order valence-electron chi connectivity index (χ0n) is 20.0. The van der Waals surface area contributed by atoms with Crippen LogP contribution in [0, 0.1) is 12.7 Å². The average molecular weight is 542 g/mol. The topological polar surface area (TPSA) is 41.4 Å². The van der Waals surface area contributed by atoms with E-state index in [1.54, 1.807) is 23.7 Å². The Morgan fingerprint density at radius 2 is 1.69 bits per heavy atom. The molecule has 0 bridgehead atoms. The lowest BCUT2D eigenvalue weighted by Crippen LogP contribution is -2.45. The van der Waals surface area contributed by atoms with Gasteiger partial charge in [-0.05, 0) is 74.3 Å². The standard InChI is InChI=1S/C26H30ClFN4O.2ClH/c1-19-16-21(7-10-24(19)28)25-17-22(18-31-14-12-30(2)13-15-31)26(33)32(29-25)11-3-4-20-5-8-23(27)9-6-20;;/h5-10,16-17H,3-4,11-15,18H2,1-2H3;2*1H. The molecule has 2 aromatic carbocycles. The molecule has 4 rings (SSSR count). The fourth-order valence-corrected chi connectivity index (χ4v) is 4.26. The maximum absolute atomic E-state index is 13.8. The highest BCUT2D eigenvalue weighted by Crippen LogP contribution is 2.21. The van der Waals surface area contributed by atoms with Gasteiger partial charge in [0.2, 0.25) is 0 Å². The summed E-state index contributed by atoms with van der Waals surface area (Å²) < 4.78 is 15.4. The summed E-state index contributed by atoms with van der Waals surface area (Å²) in [4.78, 5) is 17.9. The van der Waals surface area contributed by atoms with Crippen molar-refractivity contribution in [2.45, 2.75) is 32.9 Å². The first kappa shape index (κ1) is 29.3. The summed E-state index contributed by atoms with van der Waals surface area (Å²) in [7, 11) is 2.12. The zero-order valence-corrected chi connectivity index (χ0v) is 22.4. The first-order valence-corrected chi connectivity index (χ1v) is 11.8. The normalized spacial score (nSPS) is 14.3. The van der Waals surface area contributed by atoms with Crippen LogP contribution in [0.1, 0.15) is 23.1 Å². The van der Waals surface area contributed by atoms with Gasteiger partial charge in [-0.15, -0.1) is 24.8 Å². The van der Waals surface area contributed by atoms with Crippen LogP contribution in [-0.2, 0) is 19.5 Å². The van der Waals surface area contributed by atoms with Crippen LogP contribution < -0.4 is 5.56 Å². The highest BCUT2D eigenvalue weighted by molar-refractivity contribution is 6.30. The predicted octanol–water partition coefficient (Wildman–Crippen LogP) is 5.24. The number of benzene rings is 2. The Morgan fingerprint density at radius 1 is 1.00 bits per heavy atom. The number of aromatic nitrogens is 2. The molecular weight excluding hydrogens is 510 g/mol. The van der Waals surface area contributed by atoms with Gasteiger partial charge in [-0.25, -0.2) is 9.07 Å². The van der Waals surface area contributed by atoms with E-state index in [0.29, 0.717) is 29.4 Å². The van der Waals surface area contributed by atoms with Crippen LogP contribution in [0.15, 0.2) is 53.3 Å². The lowest BCUT2D eigenvalue weighted by molar-refractivity contribution is 0.147. The molecule has 9 heteroatoms. The molecule has 0 spiro atoms. The van der Waals surface area contributed by atoms with Crippen LogP contribution in [0.25, 0.3) is 11.3 Å². The van der Waals surface area contributed by atoms with E-state index in [2.05, 4.69) is 21.9 Å². The van der Waals surface area contributed by atoms with E-state index in [0.717, 1.165) is 50.1 Å². The van der Waals surface area contributed by atoms with Gasteiger partial charge in [0.15, 0.2) is 0 Å². The highest BCUT2D eigenvalue weighted by atomic mass is 35.5. The Balaban J connectivity index is 0.00000216. The number of hydrogen-bond donors (Lipinski definition) is 0. The number of hydrogen-bond acceptors (Lipinski definition) is 4. The second-order valence-corrected chi connectivity index (χ2v) is 9.29. The molecule has 0 amide bonds. The molecule has 0 N–H and O–H groups in total. The number of piperazine rings is 1. The van der Waals surface area contributed by atoms with Crippen molar-refractivity contribution in [3.63, 3.8) is 0 Å². The summed E-state index contributed by atoms with van der Waals surface area (Å²) >= 11 is 5.98. The van der Waals surface area contributed by atoms with E-state index in [4.69, 9.17) is 11.6 Å². The van der Waals surface area contributed by atoms with Gasteiger partial charge in [-0.1, -0.05) is 23.7 Å². The van der Waals surface area contributed by atoms with E-state index in [-0.39, 0.29) is 36.2 Å². The van der Waals surface area contributed by atoms with Crippen molar-refractivity contribution in [3.05, 3.63) is 86.4 Å². The number of likely N-dealkylation sites (N-methyl/N-ethyl adjacent to an activating group) is 1. The largest absolute Gasteiger partial charge is 0.304 e. The summed E-state index contributed by atoms with van der Waals surface area (Å²) in [6.45, 7) is 6.70. The Bertz CT molecular complexity index is 1160. The Kier molecular flexibility index (Phi) is 11.2. The molecule has 190 valence electrons. The molecule has 1 aromatic heterocycles. The summed E-state index contributed by atoms with van der Waals surface area (Å²) in [5.41, 5.74) is 3.95. The van der Waals surface area contributed by atoms with E-state index in [1.165, 1.54) is 11.6 Å². The third kappa shape index (κ3) is 7.76. The molecule has 1 saturated heterocycles. The number of halogens is 4. The van der Waals surface area contributed by atoms with Crippen molar-refractivity contribution < 1.29 is 4.39 Å². The second kappa shape index (κ2) is 13.4. The number of aryl methyl sites for hydroxylation is 3. The lowest BCUT2D eigenvalue weighted by Gasteiger charge is -2.32. The number of nitrogens with zero attached hydrogens (tertiary/aromatic N) is 4. The van der Waals surface area contributed by atoms with E-state index in [9.17, 15) is 9.18 Å². The SMILES string of the molecule is Cc1cc(-c2cc(CN3CCN(C)CC3)c(=O)n(CCCc3ccc(Cl)cc3)n2)ccc1F.Cl.Cl. The van der Waals surface area contributed by atoms with Crippen molar-refractivity contribution in [2.24, 2.45) is 0 Å². The van der Waals surface area contributed by atoms with Crippen LogP contribution in [-0.4, -0.2) is 52.8 Å². The molecule has 3 aromatic rings. The van der Waals surface area contributed by atoms with Crippen LogP contribution >= 0.6 is 36.4 Å². The molecule has 2 heterocycles. The summed E-state index contributed by atoms with van der Waals surface area (Å²) in [6.07, 6.45) is 1.62. The van der Waals surface area contributed by atoms with Crippen molar-refractivity contribution in [3.8, 4) is 11.3 Å². The lowest BCUT2D eigenvalue weighted by atomic mass is 10.1. The highest BCUT2D eigenvalue weighted by Gasteiger charge is 2.18. The van der Waals surface area contributed by atoms with Gasteiger partial charge in [0.1, 0.15) is 5.82 Å². The smallest absolute Gasteiger partial charge is 0.271 e. The van der Waals surface area contributed by atoms with E-state index < -0.39 is 0 Å². The summed E-state index contributed by atoms with van der Waals surface area (Å²) in [5.74, 6) is -0.243. The van der Waals surface area contributed by atoms with Gasteiger partial charge in [0, 0.05) is 55.4 Å². The third-order valence-corrected chi connectivity index (χ3v) is 6.49. The second-order valence-electron chi connectivity index (χ2n) is 8.86. The quantitative estimate of drug-likeness (QED) is 0.410. The van der Waals surface area contributed by atoms with Crippen LogP contribution in [0.3, 0.4) is 0 Å². The first-order valence-electron chi connectivity index (χ1n) is 11.4. The van der Waals surface area contributed by atoms with Gasteiger partial charge in [-0.2, -0.15) is 5.10 Å². The molecule has 1 aliphatic heterocycles. The molecule has 0 radical (unpaired) electrons. The molecule has 1 aliphatic rings. The molecule has 0 aliphatic carbocycles. The zero-order chi connectivity index (χ0) is 23.4. The Labute approximate surface area is 223 Å². The molecular formula is C26H32Cl3FN4O. The minimum Gasteiger partial charge on any atom is -0.304 e. The first-order chi connectivity index (χ1) is 15.9. The van der Waals surface area contributed by atoms with Gasteiger partial charge >= 0.3 is 0 Å². The number of rotatable bonds is 7. The molecule has 1 fully saturated rings. The average Bonchev–Trinajstić information content (AvgIpc) is 2.80. The van der Waals surface area contributed by atoms with Crippen molar-refractivity contribution in [1.29, 1.82) is 0 Å². The van der Waals surface area contributed by atoms with E-state index >= 15 is 0 Å². The van der Waals surface area contributed by atoms with Gasteiger partial charge < -0.3 is 4.90 Å². The fraction of sp³-hybridized carbons (Fsp3) is 0.385. The van der Waals surface area contributed by atoms with Gasteiger partial charge in [0.25, 0.3) is 5.56 Å². The molecule has 0 saturated carbocycles. The van der Waals surface area contributed by atoms with Gasteiger partial charge in [0.05, 0.1) is 5.69 Å². The van der Waals surface area contributed by atoms with Crippen molar-refractivity contribution in [2.75, 3.05) is 33.2 Å². The molecule has 0 atom stereocenters. The maximum atomic E-state index is 13.8. The molecule has 5 nitrogen and oxygen atoms in total. The fourth-order valence-electron chi connectivity index (χ4n) is 4.14. The van der Waals surface area contributed by atoms with Crippen LogP contribution in [0.4, 0.5) is 4.39 Å².